The molecule has 2 heterocycles. The van der Waals surface area contributed by atoms with Gasteiger partial charge in [0.2, 0.25) is 5.72 Å². The Morgan fingerprint density at radius 2 is 1.77 bits per heavy atom. The van der Waals surface area contributed by atoms with Gasteiger partial charge in [0.25, 0.3) is 0 Å². The van der Waals surface area contributed by atoms with Gasteiger partial charge >= 0.3 is 29.2 Å². The number of hydrogen-bond acceptors (Lipinski definition) is 13. The van der Waals surface area contributed by atoms with Gasteiger partial charge in [0.1, 0.15) is 24.1 Å². The van der Waals surface area contributed by atoms with E-state index >= 15 is 0 Å². The normalized spacial score (nSPS) is 30.6. The quantitative estimate of drug-likeness (QED) is 0.152. The third-order valence-electron chi connectivity index (χ3n) is 3.80. The molecule has 0 spiro atoms. The molecular weight excluding hydrogens is 495 g/mol. The number of ether oxygens (including phenoxy) is 1. The van der Waals surface area contributed by atoms with E-state index in [1.165, 1.54) is 0 Å². The molecule has 21 heteroatoms. The lowest BCUT2D eigenvalue weighted by Gasteiger charge is -2.31. The standard InChI is InChI=1S/C10H18N3O15P3/c11-6-1-2-13(9(17)12-6)10(4-14)8(16)7(15)5(26-10)3-25-30(21,22)28-31(23,24)27-29(18,19)20/h1-2,5,7-8,14-16H,3-4H2,(H,21,22)(H,23,24)(H2,11,12,17)(H2,18,19,20)/t5-,7-,8-,10-/m1/s1. The molecule has 0 aliphatic carbocycles. The second-order valence-corrected chi connectivity index (χ2v) is 10.4. The number of rotatable bonds is 9. The molecule has 0 radical (unpaired) electrons. The van der Waals surface area contributed by atoms with Gasteiger partial charge < -0.3 is 45.4 Å². The number of nitrogens with two attached hydrogens (primary N) is 1. The Morgan fingerprint density at radius 3 is 2.29 bits per heavy atom. The fourth-order valence-corrected chi connectivity index (χ4v) is 5.62. The zero-order valence-corrected chi connectivity index (χ0v) is 17.7. The maximum Gasteiger partial charge on any atom is 0.490 e. The summed E-state index contributed by atoms with van der Waals surface area (Å²) in [6.07, 6.45) is -4.68. The van der Waals surface area contributed by atoms with Crippen molar-refractivity contribution in [2.45, 2.75) is 24.0 Å². The van der Waals surface area contributed by atoms with Gasteiger partial charge in [0.05, 0.1) is 13.2 Å². The van der Waals surface area contributed by atoms with Gasteiger partial charge in [-0.2, -0.15) is 13.6 Å². The zero-order valence-electron chi connectivity index (χ0n) is 15.0. The second kappa shape index (κ2) is 9.05. The smallest absolute Gasteiger partial charge is 0.391 e. The second-order valence-electron chi connectivity index (χ2n) is 5.99. The van der Waals surface area contributed by atoms with Crippen LogP contribution in [0.4, 0.5) is 5.82 Å². The van der Waals surface area contributed by atoms with Crippen LogP contribution in [-0.2, 0) is 37.3 Å². The lowest BCUT2D eigenvalue weighted by atomic mass is 10.0. The summed E-state index contributed by atoms with van der Waals surface area (Å²) in [6.45, 7) is -2.23. The number of nitrogens with zero attached hydrogens (tertiary/aromatic N) is 2. The molecule has 31 heavy (non-hydrogen) atoms. The first-order chi connectivity index (χ1) is 14.0. The van der Waals surface area contributed by atoms with Crippen LogP contribution in [0.25, 0.3) is 0 Å². The van der Waals surface area contributed by atoms with Crippen molar-refractivity contribution in [1.82, 2.24) is 9.55 Å². The molecular formula is C10H18N3O15P3. The minimum absolute atomic E-state index is 0.202. The Kier molecular flexibility index (Phi) is 7.65. The van der Waals surface area contributed by atoms with Crippen LogP contribution in [0, 0.1) is 0 Å². The van der Waals surface area contributed by atoms with Crippen molar-refractivity contribution in [3.05, 3.63) is 22.7 Å². The average Bonchev–Trinajstić information content (AvgIpc) is 2.82. The number of phosphoric ester groups is 1. The van der Waals surface area contributed by atoms with Gasteiger partial charge in [-0.25, -0.2) is 18.5 Å². The summed E-state index contributed by atoms with van der Waals surface area (Å²) < 4.78 is 50.9. The van der Waals surface area contributed by atoms with Crippen molar-refractivity contribution >= 4 is 29.3 Å². The van der Waals surface area contributed by atoms with E-state index in [-0.39, 0.29) is 5.82 Å². The van der Waals surface area contributed by atoms with Crippen LogP contribution in [0.3, 0.4) is 0 Å². The van der Waals surface area contributed by atoms with E-state index in [9.17, 15) is 38.7 Å². The lowest BCUT2D eigenvalue weighted by molar-refractivity contribution is -0.173. The van der Waals surface area contributed by atoms with Crippen LogP contribution in [-0.4, -0.2) is 76.0 Å². The van der Waals surface area contributed by atoms with Gasteiger partial charge in [0, 0.05) is 6.20 Å². The molecule has 18 nitrogen and oxygen atoms in total. The number of aliphatic hydroxyl groups is 3. The highest BCUT2D eigenvalue weighted by Gasteiger charge is 2.56. The number of nitrogen functional groups attached to an aromatic ring is 1. The van der Waals surface area contributed by atoms with Crippen LogP contribution in [0.2, 0.25) is 0 Å². The summed E-state index contributed by atoms with van der Waals surface area (Å²) in [5, 5.41) is 30.2. The monoisotopic (exact) mass is 513 g/mol. The Balaban J connectivity index is 2.18. The molecule has 1 fully saturated rings. The Labute approximate surface area is 171 Å². The van der Waals surface area contributed by atoms with Crippen molar-refractivity contribution in [1.29, 1.82) is 0 Å². The number of anilines is 1. The molecule has 1 aromatic rings. The molecule has 2 rings (SSSR count). The average molecular weight is 513 g/mol. The Hall–Kier alpha value is -1.07. The van der Waals surface area contributed by atoms with Crippen molar-refractivity contribution in [2.24, 2.45) is 0 Å². The summed E-state index contributed by atoms with van der Waals surface area (Å²) in [7, 11) is -16.9. The topological polar surface area (TPSA) is 291 Å². The zero-order chi connectivity index (χ0) is 23.8. The molecule has 178 valence electrons. The molecule has 1 saturated heterocycles. The predicted molar refractivity (Wildman–Crippen MR) is 94.7 cm³/mol. The van der Waals surface area contributed by atoms with Crippen molar-refractivity contribution in [2.75, 3.05) is 18.9 Å². The van der Waals surface area contributed by atoms with E-state index in [4.69, 9.17) is 25.2 Å². The Morgan fingerprint density at radius 1 is 1.16 bits per heavy atom. The van der Waals surface area contributed by atoms with E-state index in [0.29, 0.717) is 4.57 Å². The van der Waals surface area contributed by atoms with Gasteiger partial charge in [0.15, 0.2) is 0 Å². The van der Waals surface area contributed by atoms with Gasteiger partial charge in [-0.1, -0.05) is 0 Å². The summed E-state index contributed by atoms with van der Waals surface area (Å²) in [6, 6.07) is 1.11. The molecule has 2 unspecified atom stereocenters. The first-order valence-electron chi connectivity index (χ1n) is 7.81. The van der Waals surface area contributed by atoms with Crippen LogP contribution >= 0.6 is 23.5 Å². The third-order valence-corrected chi connectivity index (χ3v) is 7.60. The molecule has 1 aliphatic heterocycles. The van der Waals surface area contributed by atoms with Crippen LogP contribution in [0.5, 0.6) is 0 Å². The highest BCUT2D eigenvalue weighted by atomic mass is 31.3. The molecule has 0 bridgehead atoms. The van der Waals surface area contributed by atoms with Crippen molar-refractivity contribution < 1.29 is 66.5 Å². The van der Waals surface area contributed by atoms with Crippen LogP contribution in [0.15, 0.2) is 17.1 Å². The lowest BCUT2D eigenvalue weighted by Crippen LogP contribution is -2.53. The van der Waals surface area contributed by atoms with Gasteiger partial charge in [-0.3, -0.25) is 9.09 Å². The van der Waals surface area contributed by atoms with E-state index in [0.717, 1.165) is 12.3 Å². The summed E-state index contributed by atoms with van der Waals surface area (Å²) in [5.74, 6) is -0.202. The van der Waals surface area contributed by atoms with Gasteiger partial charge in [-0.05, 0) is 6.07 Å². The molecule has 1 aromatic heterocycles. The SMILES string of the molecule is Nc1ccn([C@]2(CO)O[C@H](COP(=O)(O)OP(=O)(O)OP(=O)(O)O)[C@@H](O)[C@H]2O)c(=O)n1. The van der Waals surface area contributed by atoms with E-state index in [1.54, 1.807) is 0 Å². The number of aromatic nitrogens is 2. The molecule has 6 atom stereocenters. The van der Waals surface area contributed by atoms with E-state index < -0.39 is 66.4 Å². The van der Waals surface area contributed by atoms with E-state index in [2.05, 4.69) is 18.1 Å². The van der Waals surface area contributed by atoms with Crippen molar-refractivity contribution in [3.63, 3.8) is 0 Å². The highest BCUT2D eigenvalue weighted by molar-refractivity contribution is 7.66. The minimum atomic E-state index is -5.77. The molecule has 0 saturated carbocycles. The molecule has 1 aliphatic rings. The Bertz CT molecular complexity index is 1010. The fourth-order valence-electron chi connectivity index (χ4n) is 2.59. The third kappa shape index (κ3) is 6.25. The first kappa shape index (κ1) is 26.2. The summed E-state index contributed by atoms with van der Waals surface area (Å²) in [4.78, 5) is 50.9. The van der Waals surface area contributed by atoms with Crippen molar-refractivity contribution in [3.8, 4) is 0 Å². The van der Waals surface area contributed by atoms with E-state index in [1.807, 2.05) is 0 Å². The van der Waals surface area contributed by atoms with Crippen LogP contribution < -0.4 is 11.4 Å². The maximum atomic E-state index is 12.1. The summed E-state index contributed by atoms with van der Waals surface area (Å²) >= 11 is 0. The van der Waals surface area contributed by atoms with Crippen LogP contribution in [0.1, 0.15) is 0 Å². The number of phosphoric acid groups is 3. The fraction of sp³-hybridized carbons (Fsp3) is 0.600. The predicted octanol–water partition coefficient (Wildman–Crippen LogP) is -3.07. The first-order valence-corrected chi connectivity index (χ1v) is 12.3. The highest BCUT2D eigenvalue weighted by Crippen LogP contribution is 2.66. The maximum absolute atomic E-state index is 12.1. The number of hydrogen-bond donors (Lipinski definition) is 8. The minimum Gasteiger partial charge on any atom is -0.391 e. The molecule has 0 amide bonds. The number of aliphatic hydroxyl groups excluding tert-OH is 3. The molecule has 0 aromatic carbocycles. The largest absolute Gasteiger partial charge is 0.490 e. The summed E-state index contributed by atoms with van der Waals surface area (Å²) in [5.41, 5.74) is 1.94. The molecule has 9 N–H and O–H groups in total. The van der Waals surface area contributed by atoms with Gasteiger partial charge in [-0.15, -0.1) is 0 Å².